The normalized spacial score (nSPS) is 16.1. The highest BCUT2D eigenvalue weighted by atomic mass is 19.4. The average molecular weight is 350 g/mol. The lowest BCUT2D eigenvalue weighted by Gasteiger charge is -2.11. The first-order valence-electron chi connectivity index (χ1n) is 7.37. The zero-order valence-corrected chi connectivity index (χ0v) is 12.8. The van der Waals surface area contributed by atoms with E-state index in [4.69, 9.17) is 0 Å². The van der Waals surface area contributed by atoms with Crippen molar-refractivity contribution < 1.29 is 27.5 Å². The maximum Gasteiger partial charge on any atom is 0.573 e. The molecule has 1 heterocycles. The summed E-state index contributed by atoms with van der Waals surface area (Å²) < 4.78 is 40.1. The van der Waals surface area contributed by atoms with E-state index in [-0.39, 0.29) is 18.1 Å². The van der Waals surface area contributed by atoms with Crippen molar-refractivity contribution in [2.75, 3.05) is 10.6 Å². The second-order valence-electron chi connectivity index (χ2n) is 5.45. The molecule has 0 fully saturated rings. The highest BCUT2D eigenvalue weighted by molar-refractivity contribution is 6.06. The van der Waals surface area contributed by atoms with E-state index in [1.807, 2.05) is 0 Å². The third-order valence-electron chi connectivity index (χ3n) is 3.67. The SMILES string of the molecule is O=C(CC1C(=O)Nc2ccccc21)Nc1ccc(OC(F)(F)F)cc1. The van der Waals surface area contributed by atoms with Crippen LogP contribution in [0.3, 0.4) is 0 Å². The minimum atomic E-state index is -4.77. The van der Waals surface area contributed by atoms with Crippen molar-refractivity contribution in [1.82, 2.24) is 0 Å². The summed E-state index contributed by atoms with van der Waals surface area (Å²) in [4.78, 5) is 24.1. The number of hydrogen-bond donors (Lipinski definition) is 2. The summed E-state index contributed by atoms with van der Waals surface area (Å²) in [6.45, 7) is 0. The van der Waals surface area contributed by atoms with Gasteiger partial charge in [-0.3, -0.25) is 9.59 Å². The van der Waals surface area contributed by atoms with Gasteiger partial charge in [0.05, 0.1) is 5.92 Å². The molecule has 2 N–H and O–H groups in total. The van der Waals surface area contributed by atoms with Crippen LogP contribution in [0, 0.1) is 0 Å². The molecular weight excluding hydrogens is 337 g/mol. The highest BCUT2D eigenvalue weighted by Gasteiger charge is 2.32. The first-order valence-corrected chi connectivity index (χ1v) is 7.37. The Hall–Kier alpha value is -3.03. The van der Waals surface area contributed by atoms with E-state index in [0.29, 0.717) is 11.4 Å². The van der Waals surface area contributed by atoms with Gasteiger partial charge in [-0.25, -0.2) is 0 Å². The van der Waals surface area contributed by atoms with E-state index < -0.39 is 18.2 Å². The maximum atomic E-state index is 12.1. The number of ether oxygens (including phenoxy) is 1. The van der Waals surface area contributed by atoms with Crippen molar-refractivity contribution in [3.05, 3.63) is 54.1 Å². The van der Waals surface area contributed by atoms with Gasteiger partial charge in [-0.2, -0.15) is 0 Å². The minimum absolute atomic E-state index is 0.0658. The molecule has 3 rings (SSSR count). The maximum absolute atomic E-state index is 12.1. The molecule has 5 nitrogen and oxygen atoms in total. The van der Waals surface area contributed by atoms with E-state index in [9.17, 15) is 22.8 Å². The van der Waals surface area contributed by atoms with Gasteiger partial charge < -0.3 is 15.4 Å². The molecule has 1 aliphatic rings. The molecule has 2 aromatic rings. The molecule has 0 saturated carbocycles. The molecule has 8 heteroatoms. The molecule has 130 valence electrons. The van der Waals surface area contributed by atoms with Crippen molar-refractivity contribution in [2.45, 2.75) is 18.7 Å². The van der Waals surface area contributed by atoms with Crippen LogP contribution in [0.2, 0.25) is 0 Å². The van der Waals surface area contributed by atoms with Gasteiger partial charge in [-0.1, -0.05) is 18.2 Å². The number of benzene rings is 2. The average Bonchev–Trinajstić information content (AvgIpc) is 2.84. The van der Waals surface area contributed by atoms with Crippen LogP contribution >= 0.6 is 0 Å². The zero-order valence-electron chi connectivity index (χ0n) is 12.8. The highest BCUT2D eigenvalue weighted by Crippen LogP contribution is 2.34. The number of amides is 2. The van der Waals surface area contributed by atoms with Crippen LogP contribution in [0.5, 0.6) is 5.75 Å². The third kappa shape index (κ3) is 4.09. The molecule has 0 aromatic heterocycles. The Morgan fingerprint density at radius 1 is 1.12 bits per heavy atom. The lowest BCUT2D eigenvalue weighted by molar-refractivity contribution is -0.274. The number of carbonyl (C=O) groups excluding carboxylic acids is 2. The summed E-state index contributed by atoms with van der Waals surface area (Å²) >= 11 is 0. The van der Waals surface area contributed by atoms with Crippen LogP contribution in [0.25, 0.3) is 0 Å². The van der Waals surface area contributed by atoms with Gasteiger partial charge in [-0.15, -0.1) is 13.2 Å². The predicted molar refractivity (Wildman–Crippen MR) is 84.2 cm³/mol. The van der Waals surface area contributed by atoms with Crippen molar-refractivity contribution in [1.29, 1.82) is 0 Å². The molecule has 0 aliphatic carbocycles. The summed E-state index contributed by atoms with van der Waals surface area (Å²) in [7, 11) is 0. The zero-order chi connectivity index (χ0) is 18.0. The van der Waals surface area contributed by atoms with Crippen LogP contribution < -0.4 is 15.4 Å². The van der Waals surface area contributed by atoms with Crippen molar-refractivity contribution in [2.24, 2.45) is 0 Å². The Balaban J connectivity index is 1.62. The molecule has 0 spiro atoms. The van der Waals surface area contributed by atoms with E-state index >= 15 is 0 Å². The molecule has 25 heavy (non-hydrogen) atoms. The lowest BCUT2D eigenvalue weighted by atomic mass is 9.97. The largest absolute Gasteiger partial charge is 0.573 e. The second-order valence-corrected chi connectivity index (χ2v) is 5.45. The van der Waals surface area contributed by atoms with Crippen molar-refractivity contribution >= 4 is 23.2 Å². The number of anilines is 2. The number of para-hydroxylation sites is 1. The van der Waals surface area contributed by atoms with Gasteiger partial charge in [0.25, 0.3) is 0 Å². The lowest BCUT2D eigenvalue weighted by Crippen LogP contribution is -2.20. The molecule has 2 amide bonds. The number of carbonyl (C=O) groups is 2. The fraction of sp³-hybridized carbons (Fsp3) is 0.176. The fourth-order valence-electron chi connectivity index (χ4n) is 2.62. The van der Waals surface area contributed by atoms with Gasteiger partial charge in [-0.05, 0) is 35.9 Å². The van der Waals surface area contributed by atoms with Gasteiger partial charge in [0.1, 0.15) is 5.75 Å². The van der Waals surface area contributed by atoms with Crippen molar-refractivity contribution in [3.63, 3.8) is 0 Å². The standard InChI is InChI=1S/C17H13F3N2O3/c18-17(19,20)25-11-7-5-10(6-8-11)21-15(23)9-13-12-3-1-2-4-14(12)22-16(13)24/h1-8,13H,9H2,(H,21,23)(H,22,24). The topological polar surface area (TPSA) is 67.4 Å². The quantitative estimate of drug-likeness (QED) is 0.884. The van der Waals surface area contributed by atoms with Crippen LogP contribution in [0.4, 0.5) is 24.5 Å². The summed E-state index contributed by atoms with van der Waals surface area (Å²) in [6, 6.07) is 11.9. The van der Waals surface area contributed by atoms with Gasteiger partial charge in [0, 0.05) is 17.8 Å². The molecule has 0 radical (unpaired) electrons. The van der Waals surface area contributed by atoms with Gasteiger partial charge in [0.2, 0.25) is 11.8 Å². The number of hydrogen-bond acceptors (Lipinski definition) is 3. The van der Waals surface area contributed by atoms with E-state index in [0.717, 1.165) is 17.7 Å². The third-order valence-corrected chi connectivity index (χ3v) is 3.67. The minimum Gasteiger partial charge on any atom is -0.406 e. The fourth-order valence-corrected chi connectivity index (χ4v) is 2.62. The Bertz CT molecular complexity index is 804. The summed E-state index contributed by atoms with van der Waals surface area (Å²) in [5, 5.41) is 5.26. The Morgan fingerprint density at radius 2 is 1.80 bits per heavy atom. The number of nitrogens with one attached hydrogen (secondary N) is 2. The first-order chi connectivity index (χ1) is 11.8. The number of rotatable bonds is 4. The number of halogens is 3. The van der Waals surface area contributed by atoms with Gasteiger partial charge in [0.15, 0.2) is 0 Å². The van der Waals surface area contributed by atoms with E-state index in [1.54, 1.807) is 24.3 Å². The second kappa shape index (κ2) is 6.46. The van der Waals surface area contributed by atoms with Crippen LogP contribution in [0.15, 0.2) is 48.5 Å². The molecule has 2 aromatic carbocycles. The van der Waals surface area contributed by atoms with E-state index in [1.165, 1.54) is 12.1 Å². The van der Waals surface area contributed by atoms with Crippen LogP contribution in [0.1, 0.15) is 17.9 Å². The summed E-state index contributed by atoms with van der Waals surface area (Å²) in [6.07, 6.45) is -4.84. The van der Waals surface area contributed by atoms with Crippen LogP contribution in [-0.2, 0) is 9.59 Å². The molecular formula is C17H13F3N2O3. The smallest absolute Gasteiger partial charge is 0.406 e. The molecule has 1 aliphatic heterocycles. The number of fused-ring (bicyclic) bond motifs is 1. The first kappa shape index (κ1) is 16.8. The summed E-state index contributed by atoms with van der Waals surface area (Å²) in [5.41, 5.74) is 1.74. The Labute approximate surface area is 140 Å². The van der Waals surface area contributed by atoms with Crippen LogP contribution in [-0.4, -0.2) is 18.2 Å². The molecule has 1 unspecified atom stereocenters. The molecule has 0 saturated heterocycles. The monoisotopic (exact) mass is 350 g/mol. The van der Waals surface area contributed by atoms with Gasteiger partial charge >= 0.3 is 6.36 Å². The molecule has 0 bridgehead atoms. The Morgan fingerprint density at radius 3 is 2.48 bits per heavy atom. The molecule has 1 atom stereocenters. The van der Waals surface area contributed by atoms with Crippen molar-refractivity contribution in [3.8, 4) is 5.75 Å². The Kier molecular flexibility index (Phi) is 4.35. The summed E-state index contributed by atoms with van der Waals surface area (Å²) in [5.74, 6) is -1.65. The number of alkyl halides is 3. The predicted octanol–water partition coefficient (Wildman–Crippen LogP) is 3.65. The van der Waals surface area contributed by atoms with E-state index in [2.05, 4.69) is 15.4 Å².